The minimum absolute atomic E-state index is 0.847. The van der Waals surface area contributed by atoms with Gasteiger partial charge in [0.25, 0.3) is 0 Å². The number of rotatable bonds is 4. The maximum Gasteiger partial charge on any atom is 0.0882 e. The zero-order valence-electron chi connectivity index (χ0n) is 11.0. The molecule has 0 aliphatic rings. The van der Waals surface area contributed by atoms with Gasteiger partial charge in [0.1, 0.15) is 0 Å². The summed E-state index contributed by atoms with van der Waals surface area (Å²) in [7, 11) is 0. The van der Waals surface area contributed by atoms with Crippen molar-refractivity contribution in [3.8, 4) is 0 Å². The standard InChI is InChI=1S/C17H16N2/c1-3-15(14-10-6-5-7-11-14)19-16(4-2)17-12-8-9-13-18-17/h3-13H,1H2,2H3/b16-4-,19-15?. The van der Waals surface area contributed by atoms with Crippen LogP contribution >= 0.6 is 0 Å². The van der Waals surface area contributed by atoms with Crippen LogP contribution in [0, 0.1) is 0 Å². The maximum atomic E-state index is 4.65. The number of benzene rings is 1. The fourth-order valence-electron chi connectivity index (χ4n) is 1.75. The van der Waals surface area contributed by atoms with E-state index in [2.05, 4.69) is 16.6 Å². The number of hydrogen-bond acceptors (Lipinski definition) is 2. The summed E-state index contributed by atoms with van der Waals surface area (Å²) in [5.41, 5.74) is 3.60. The lowest BCUT2D eigenvalue weighted by atomic mass is 10.1. The lowest BCUT2D eigenvalue weighted by Crippen LogP contribution is -1.97. The summed E-state index contributed by atoms with van der Waals surface area (Å²) in [6.45, 7) is 5.80. The number of aromatic nitrogens is 1. The number of aliphatic imine (C=N–C) groups is 1. The molecule has 0 aliphatic carbocycles. The van der Waals surface area contributed by atoms with Gasteiger partial charge in [0, 0.05) is 11.8 Å². The largest absolute Gasteiger partial charge is 0.255 e. The van der Waals surface area contributed by atoms with Crippen LogP contribution in [0.4, 0.5) is 0 Å². The third kappa shape index (κ3) is 3.26. The Kier molecular flexibility index (Phi) is 4.40. The second kappa shape index (κ2) is 6.45. The normalized spacial score (nSPS) is 12.3. The Morgan fingerprint density at radius 3 is 2.42 bits per heavy atom. The second-order valence-corrected chi connectivity index (χ2v) is 3.96. The summed E-state index contributed by atoms with van der Waals surface area (Å²) in [5, 5.41) is 0. The first-order valence-electron chi connectivity index (χ1n) is 6.19. The number of hydrogen-bond donors (Lipinski definition) is 0. The SMILES string of the molecule is C=CC(=N/C(=C\C)c1ccccn1)c1ccccc1. The zero-order chi connectivity index (χ0) is 13.5. The molecule has 0 bridgehead atoms. The van der Waals surface area contributed by atoms with E-state index in [1.165, 1.54) is 0 Å². The molecule has 2 aromatic rings. The molecular formula is C17H16N2. The first-order chi connectivity index (χ1) is 9.35. The molecule has 0 saturated heterocycles. The van der Waals surface area contributed by atoms with Crippen LogP contribution in [0.2, 0.25) is 0 Å². The van der Waals surface area contributed by atoms with E-state index in [-0.39, 0.29) is 0 Å². The Bertz CT molecular complexity index is 596. The van der Waals surface area contributed by atoms with Crippen molar-refractivity contribution in [3.05, 3.63) is 84.7 Å². The third-order valence-electron chi connectivity index (χ3n) is 2.70. The van der Waals surface area contributed by atoms with Gasteiger partial charge in [-0.15, -0.1) is 0 Å². The van der Waals surface area contributed by atoms with Crippen LogP contribution in [0.1, 0.15) is 18.2 Å². The van der Waals surface area contributed by atoms with Crippen molar-refractivity contribution >= 4 is 11.4 Å². The summed E-state index contributed by atoms with van der Waals surface area (Å²) in [4.78, 5) is 8.97. The highest BCUT2D eigenvalue weighted by atomic mass is 14.8. The fourth-order valence-corrected chi connectivity index (χ4v) is 1.75. The molecule has 0 N–H and O–H groups in total. The Morgan fingerprint density at radius 2 is 1.84 bits per heavy atom. The van der Waals surface area contributed by atoms with Crippen LogP contribution in [0.3, 0.4) is 0 Å². The maximum absolute atomic E-state index is 4.65. The molecule has 0 spiro atoms. The van der Waals surface area contributed by atoms with Gasteiger partial charge in [0.05, 0.1) is 17.1 Å². The molecule has 0 unspecified atom stereocenters. The van der Waals surface area contributed by atoms with Crippen molar-refractivity contribution in [2.75, 3.05) is 0 Å². The monoisotopic (exact) mass is 248 g/mol. The molecule has 2 rings (SSSR count). The van der Waals surface area contributed by atoms with Crippen molar-refractivity contribution in [3.63, 3.8) is 0 Å². The van der Waals surface area contributed by atoms with Crippen LogP contribution < -0.4 is 0 Å². The summed E-state index contributed by atoms with van der Waals surface area (Å²) in [6.07, 6.45) is 5.49. The molecule has 94 valence electrons. The van der Waals surface area contributed by atoms with Crippen molar-refractivity contribution in [2.45, 2.75) is 6.92 Å². The van der Waals surface area contributed by atoms with Crippen molar-refractivity contribution < 1.29 is 0 Å². The number of nitrogens with zero attached hydrogens (tertiary/aromatic N) is 2. The minimum atomic E-state index is 0.847. The lowest BCUT2D eigenvalue weighted by Gasteiger charge is -2.04. The quantitative estimate of drug-likeness (QED) is 0.747. The fraction of sp³-hybridized carbons (Fsp3) is 0.0588. The summed E-state index contributed by atoms with van der Waals surface area (Å²) < 4.78 is 0. The third-order valence-corrected chi connectivity index (χ3v) is 2.70. The van der Waals surface area contributed by atoms with Crippen LogP contribution in [-0.2, 0) is 0 Å². The molecule has 1 aromatic carbocycles. The highest BCUT2D eigenvalue weighted by Crippen LogP contribution is 2.15. The van der Waals surface area contributed by atoms with Crippen molar-refractivity contribution in [1.29, 1.82) is 0 Å². The van der Waals surface area contributed by atoms with Gasteiger partial charge in [-0.3, -0.25) is 4.98 Å². The van der Waals surface area contributed by atoms with Gasteiger partial charge in [-0.05, 0) is 25.1 Å². The van der Waals surface area contributed by atoms with Crippen LogP contribution in [0.25, 0.3) is 5.70 Å². The van der Waals surface area contributed by atoms with E-state index in [1.54, 1.807) is 12.3 Å². The van der Waals surface area contributed by atoms with Crippen LogP contribution in [0.15, 0.2) is 78.5 Å². The molecule has 0 amide bonds. The minimum Gasteiger partial charge on any atom is -0.255 e. The molecule has 0 fully saturated rings. The molecular weight excluding hydrogens is 232 g/mol. The zero-order valence-corrected chi connectivity index (χ0v) is 11.0. The molecule has 1 heterocycles. The molecule has 0 atom stereocenters. The van der Waals surface area contributed by atoms with E-state index < -0.39 is 0 Å². The van der Waals surface area contributed by atoms with Gasteiger partial charge in [0.2, 0.25) is 0 Å². The van der Waals surface area contributed by atoms with Crippen LogP contribution in [0.5, 0.6) is 0 Å². The molecule has 19 heavy (non-hydrogen) atoms. The van der Waals surface area contributed by atoms with E-state index >= 15 is 0 Å². The van der Waals surface area contributed by atoms with Gasteiger partial charge < -0.3 is 0 Å². The average molecular weight is 248 g/mol. The summed E-state index contributed by atoms with van der Waals surface area (Å²) in [5.74, 6) is 0. The van der Waals surface area contributed by atoms with Crippen molar-refractivity contribution in [2.24, 2.45) is 4.99 Å². The first-order valence-corrected chi connectivity index (χ1v) is 6.19. The van der Waals surface area contributed by atoms with E-state index in [4.69, 9.17) is 0 Å². The topological polar surface area (TPSA) is 25.2 Å². The Balaban J connectivity index is 2.40. The Hall–Kier alpha value is -2.48. The molecule has 1 aromatic heterocycles. The smallest absolute Gasteiger partial charge is 0.0882 e. The van der Waals surface area contributed by atoms with Gasteiger partial charge in [-0.1, -0.05) is 49.1 Å². The van der Waals surface area contributed by atoms with E-state index in [0.29, 0.717) is 0 Å². The number of allylic oxidation sites excluding steroid dienone is 2. The van der Waals surface area contributed by atoms with Gasteiger partial charge >= 0.3 is 0 Å². The lowest BCUT2D eigenvalue weighted by molar-refractivity contribution is 1.25. The second-order valence-electron chi connectivity index (χ2n) is 3.96. The highest BCUT2D eigenvalue weighted by Gasteiger charge is 2.03. The number of pyridine rings is 1. The van der Waals surface area contributed by atoms with E-state index in [0.717, 1.165) is 22.7 Å². The van der Waals surface area contributed by atoms with Crippen LogP contribution in [-0.4, -0.2) is 10.7 Å². The van der Waals surface area contributed by atoms with Gasteiger partial charge in [-0.25, -0.2) is 4.99 Å². The first kappa shape index (κ1) is 13.0. The van der Waals surface area contributed by atoms with Crippen molar-refractivity contribution in [1.82, 2.24) is 4.98 Å². The van der Waals surface area contributed by atoms with Gasteiger partial charge in [0.15, 0.2) is 0 Å². The Labute approximate surface area is 113 Å². The summed E-state index contributed by atoms with van der Waals surface area (Å²) in [6, 6.07) is 15.8. The van der Waals surface area contributed by atoms with E-state index in [1.807, 2.05) is 61.5 Å². The predicted molar refractivity (Wildman–Crippen MR) is 81.1 cm³/mol. The molecule has 0 aliphatic heterocycles. The molecule has 0 radical (unpaired) electrons. The molecule has 2 nitrogen and oxygen atoms in total. The predicted octanol–water partition coefficient (Wildman–Crippen LogP) is 4.12. The summed E-state index contributed by atoms with van der Waals surface area (Å²) >= 11 is 0. The highest BCUT2D eigenvalue weighted by molar-refractivity contribution is 6.10. The average Bonchev–Trinajstić information content (AvgIpc) is 2.50. The molecule has 2 heteroatoms. The molecule has 0 saturated carbocycles. The Morgan fingerprint density at radius 1 is 1.11 bits per heavy atom. The van der Waals surface area contributed by atoms with E-state index in [9.17, 15) is 0 Å². The van der Waals surface area contributed by atoms with Gasteiger partial charge in [-0.2, -0.15) is 0 Å².